The zero-order valence-electron chi connectivity index (χ0n) is 16.0. The number of carbonyl (C=O) groups excluding carboxylic acids is 1. The van der Waals surface area contributed by atoms with E-state index in [2.05, 4.69) is 0 Å². The Bertz CT molecular complexity index is 765. The molecule has 0 fully saturated rings. The summed E-state index contributed by atoms with van der Waals surface area (Å²) in [6, 6.07) is 15.2. The van der Waals surface area contributed by atoms with E-state index >= 15 is 0 Å². The zero-order chi connectivity index (χ0) is 20.0. The van der Waals surface area contributed by atoms with Gasteiger partial charge in [0.2, 0.25) is 0 Å². The summed E-state index contributed by atoms with van der Waals surface area (Å²) >= 11 is 0. The molecule has 0 aromatic heterocycles. The van der Waals surface area contributed by atoms with Crippen LogP contribution in [0.3, 0.4) is 0 Å². The van der Waals surface area contributed by atoms with Crippen LogP contribution in [0.4, 0.5) is 10.5 Å². The van der Waals surface area contributed by atoms with Crippen molar-refractivity contribution in [3.8, 4) is 5.75 Å². The van der Waals surface area contributed by atoms with Crippen LogP contribution in [0.2, 0.25) is 0 Å². The first kappa shape index (κ1) is 20.3. The second-order valence-corrected chi connectivity index (χ2v) is 7.07. The van der Waals surface area contributed by atoms with Gasteiger partial charge >= 0.3 is 12.1 Å². The van der Waals surface area contributed by atoms with Gasteiger partial charge in [0.1, 0.15) is 11.4 Å². The number of carboxylic acid groups (broad SMARTS) is 1. The third-order valence-electron chi connectivity index (χ3n) is 3.80. The molecule has 2 aromatic carbocycles. The second-order valence-electron chi connectivity index (χ2n) is 7.07. The Morgan fingerprint density at radius 3 is 2.11 bits per heavy atom. The standard InChI is InChI=1S/C21H25NO5/c1-21(2,3)27-20(25)22(16-10-12-17(26-4)13-11-16)18(14-19(23)24)15-8-6-5-7-9-15/h5-13,18H,14H2,1-4H3,(H,23,24)/t18-/m1/s1. The molecule has 27 heavy (non-hydrogen) atoms. The molecular formula is C21H25NO5. The average molecular weight is 371 g/mol. The van der Waals surface area contributed by atoms with Crippen LogP contribution in [0.15, 0.2) is 54.6 Å². The zero-order valence-corrected chi connectivity index (χ0v) is 16.0. The summed E-state index contributed by atoms with van der Waals surface area (Å²) in [7, 11) is 1.55. The van der Waals surface area contributed by atoms with E-state index in [0.29, 0.717) is 17.0 Å². The van der Waals surface area contributed by atoms with E-state index in [0.717, 1.165) is 0 Å². The van der Waals surface area contributed by atoms with E-state index in [4.69, 9.17) is 9.47 Å². The molecule has 2 aromatic rings. The quantitative estimate of drug-likeness (QED) is 0.800. The van der Waals surface area contributed by atoms with Crippen molar-refractivity contribution in [1.82, 2.24) is 0 Å². The lowest BCUT2D eigenvalue weighted by Gasteiger charge is -2.33. The normalized spacial score (nSPS) is 12.1. The van der Waals surface area contributed by atoms with Crippen LogP contribution in [0, 0.1) is 0 Å². The Balaban J connectivity index is 2.52. The first-order chi connectivity index (χ1) is 12.7. The van der Waals surface area contributed by atoms with Gasteiger partial charge in [0, 0.05) is 5.69 Å². The van der Waals surface area contributed by atoms with Crippen molar-refractivity contribution in [2.24, 2.45) is 0 Å². The minimum Gasteiger partial charge on any atom is -0.497 e. The SMILES string of the molecule is COc1ccc(N(C(=O)OC(C)(C)C)[C@H](CC(=O)O)c2ccccc2)cc1. The monoisotopic (exact) mass is 371 g/mol. The van der Waals surface area contributed by atoms with Gasteiger partial charge in [-0.15, -0.1) is 0 Å². The highest BCUT2D eigenvalue weighted by atomic mass is 16.6. The summed E-state index contributed by atoms with van der Waals surface area (Å²) in [5.41, 5.74) is 0.522. The first-order valence-corrected chi connectivity index (χ1v) is 8.64. The molecule has 0 bridgehead atoms. The van der Waals surface area contributed by atoms with Crippen LogP contribution < -0.4 is 9.64 Å². The van der Waals surface area contributed by atoms with Gasteiger partial charge in [0.05, 0.1) is 19.6 Å². The molecule has 0 radical (unpaired) electrons. The van der Waals surface area contributed by atoms with Gasteiger partial charge in [-0.25, -0.2) is 4.79 Å². The third kappa shape index (κ3) is 5.74. The molecule has 0 saturated heterocycles. The Kier molecular flexibility index (Phi) is 6.45. The summed E-state index contributed by atoms with van der Waals surface area (Å²) in [4.78, 5) is 25.9. The van der Waals surface area contributed by atoms with Gasteiger partial charge < -0.3 is 14.6 Å². The van der Waals surface area contributed by atoms with Crippen molar-refractivity contribution in [2.45, 2.75) is 38.8 Å². The number of carboxylic acids is 1. The molecule has 0 aliphatic rings. The minimum absolute atomic E-state index is 0.255. The van der Waals surface area contributed by atoms with Crippen molar-refractivity contribution >= 4 is 17.7 Å². The van der Waals surface area contributed by atoms with Crippen LogP contribution in [-0.2, 0) is 9.53 Å². The van der Waals surface area contributed by atoms with Crippen molar-refractivity contribution in [3.05, 3.63) is 60.2 Å². The molecule has 0 aliphatic heterocycles. The smallest absolute Gasteiger partial charge is 0.415 e. The molecule has 0 aliphatic carbocycles. The lowest BCUT2D eigenvalue weighted by atomic mass is 10.0. The minimum atomic E-state index is -1.01. The number of hydrogen-bond donors (Lipinski definition) is 1. The fraction of sp³-hybridized carbons (Fsp3) is 0.333. The third-order valence-corrected chi connectivity index (χ3v) is 3.80. The molecule has 1 amide bonds. The molecule has 0 spiro atoms. The van der Waals surface area contributed by atoms with Crippen molar-refractivity contribution in [1.29, 1.82) is 0 Å². The maximum Gasteiger partial charge on any atom is 0.415 e. The number of nitrogens with zero attached hydrogens (tertiary/aromatic N) is 1. The predicted octanol–water partition coefficient (Wildman–Crippen LogP) is 4.65. The number of rotatable bonds is 6. The molecule has 2 rings (SSSR count). The Labute approximate surface area is 159 Å². The number of hydrogen-bond acceptors (Lipinski definition) is 4. The van der Waals surface area contributed by atoms with Gasteiger partial charge in [-0.05, 0) is 50.6 Å². The highest BCUT2D eigenvalue weighted by molar-refractivity contribution is 5.90. The number of ether oxygens (including phenoxy) is 2. The molecule has 6 heteroatoms. The fourth-order valence-electron chi connectivity index (χ4n) is 2.67. The molecule has 1 N–H and O–H groups in total. The Hall–Kier alpha value is -3.02. The molecule has 144 valence electrons. The largest absolute Gasteiger partial charge is 0.497 e. The summed E-state index contributed by atoms with van der Waals surface area (Å²) < 4.78 is 10.7. The number of methoxy groups -OCH3 is 1. The molecule has 0 unspecified atom stereocenters. The van der Waals surface area contributed by atoms with Gasteiger partial charge in [-0.2, -0.15) is 0 Å². The van der Waals surface area contributed by atoms with E-state index in [-0.39, 0.29) is 6.42 Å². The van der Waals surface area contributed by atoms with Crippen molar-refractivity contribution < 1.29 is 24.2 Å². The van der Waals surface area contributed by atoms with Gasteiger partial charge in [0.15, 0.2) is 0 Å². The van der Waals surface area contributed by atoms with Gasteiger partial charge in [0.25, 0.3) is 0 Å². The fourth-order valence-corrected chi connectivity index (χ4v) is 2.67. The van der Waals surface area contributed by atoms with Crippen LogP contribution in [0.5, 0.6) is 5.75 Å². The number of benzene rings is 2. The summed E-state index contributed by atoms with van der Waals surface area (Å²) in [6.45, 7) is 5.31. The average Bonchev–Trinajstić information content (AvgIpc) is 2.60. The number of carbonyl (C=O) groups is 2. The van der Waals surface area contributed by atoms with E-state index in [1.807, 2.05) is 18.2 Å². The topological polar surface area (TPSA) is 76.1 Å². The highest BCUT2D eigenvalue weighted by Crippen LogP contribution is 2.32. The van der Waals surface area contributed by atoms with Crippen LogP contribution in [0.25, 0.3) is 0 Å². The number of amides is 1. The number of anilines is 1. The van der Waals surface area contributed by atoms with E-state index < -0.39 is 23.7 Å². The summed E-state index contributed by atoms with van der Waals surface area (Å²) in [5.74, 6) is -0.372. The molecule has 0 saturated carbocycles. The molecule has 0 heterocycles. The van der Waals surface area contributed by atoms with E-state index in [1.165, 1.54) is 4.90 Å². The molecule has 1 atom stereocenters. The summed E-state index contributed by atoms with van der Waals surface area (Å²) in [5, 5.41) is 9.44. The van der Waals surface area contributed by atoms with Gasteiger partial charge in [-0.1, -0.05) is 30.3 Å². The number of aliphatic carboxylic acids is 1. The predicted molar refractivity (Wildman–Crippen MR) is 103 cm³/mol. The second kappa shape index (κ2) is 8.58. The Morgan fingerprint density at radius 1 is 1.04 bits per heavy atom. The lowest BCUT2D eigenvalue weighted by Crippen LogP contribution is -2.40. The Morgan fingerprint density at radius 2 is 1.63 bits per heavy atom. The van der Waals surface area contributed by atoms with Gasteiger partial charge in [-0.3, -0.25) is 9.69 Å². The van der Waals surface area contributed by atoms with E-state index in [1.54, 1.807) is 64.3 Å². The molecular weight excluding hydrogens is 346 g/mol. The first-order valence-electron chi connectivity index (χ1n) is 8.64. The maximum absolute atomic E-state index is 13.0. The van der Waals surface area contributed by atoms with Crippen molar-refractivity contribution in [2.75, 3.05) is 12.0 Å². The van der Waals surface area contributed by atoms with Crippen LogP contribution in [0.1, 0.15) is 38.8 Å². The highest BCUT2D eigenvalue weighted by Gasteiger charge is 2.32. The molecule has 6 nitrogen and oxygen atoms in total. The van der Waals surface area contributed by atoms with E-state index in [9.17, 15) is 14.7 Å². The van der Waals surface area contributed by atoms with Crippen LogP contribution >= 0.6 is 0 Å². The summed E-state index contributed by atoms with van der Waals surface area (Å²) in [6.07, 6.45) is -0.863. The van der Waals surface area contributed by atoms with Crippen molar-refractivity contribution in [3.63, 3.8) is 0 Å². The lowest BCUT2D eigenvalue weighted by molar-refractivity contribution is -0.137. The van der Waals surface area contributed by atoms with Crippen LogP contribution in [-0.4, -0.2) is 29.9 Å². The maximum atomic E-state index is 13.0.